The normalized spacial score (nSPS) is 11.2. The standard InChI is InChI=1S/C25H31N5O5S/c1-19-17-23(30(2)13-15-35-14-6-16-36(32,33)34)29-25(26-19)28-22-11-9-21(10-12-22)27-24(31)18-20-7-4-3-5-8-20/h3-5,7-12,17H,6,13-16,18H2,1-2H3,(H,27,31)(H,26,28,29)(H,32,33,34). The van der Waals surface area contributed by atoms with Crippen molar-refractivity contribution in [3.05, 3.63) is 71.9 Å². The topological polar surface area (TPSA) is 134 Å². The number of carbonyl (C=O) groups is 1. The van der Waals surface area contributed by atoms with Crippen molar-refractivity contribution in [3.8, 4) is 0 Å². The van der Waals surface area contributed by atoms with Gasteiger partial charge in [0.1, 0.15) is 5.82 Å². The third-order valence-electron chi connectivity index (χ3n) is 5.13. The lowest BCUT2D eigenvalue weighted by Gasteiger charge is -2.19. The molecule has 1 aromatic heterocycles. The van der Waals surface area contributed by atoms with Crippen molar-refractivity contribution in [3.63, 3.8) is 0 Å². The van der Waals surface area contributed by atoms with Crippen LogP contribution in [0.15, 0.2) is 60.7 Å². The molecule has 3 rings (SSSR count). The number of anilines is 4. The molecule has 0 saturated heterocycles. The fourth-order valence-electron chi connectivity index (χ4n) is 3.32. The van der Waals surface area contributed by atoms with Gasteiger partial charge in [0.05, 0.1) is 18.8 Å². The molecule has 0 unspecified atom stereocenters. The Balaban J connectivity index is 1.50. The van der Waals surface area contributed by atoms with Gasteiger partial charge in [0.15, 0.2) is 0 Å². The molecule has 0 atom stereocenters. The number of aryl methyl sites for hydroxylation is 1. The quantitative estimate of drug-likeness (QED) is 0.232. The minimum absolute atomic E-state index is 0.0842. The number of hydrogen-bond acceptors (Lipinski definition) is 8. The second kappa shape index (κ2) is 13.0. The molecule has 0 aliphatic carbocycles. The zero-order chi connectivity index (χ0) is 26.0. The Morgan fingerprint density at radius 1 is 1.03 bits per heavy atom. The predicted molar refractivity (Wildman–Crippen MR) is 140 cm³/mol. The van der Waals surface area contributed by atoms with Crippen LogP contribution in [0, 0.1) is 6.92 Å². The van der Waals surface area contributed by atoms with Gasteiger partial charge in [-0.1, -0.05) is 30.3 Å². The van der Waals surface area contributed by atoms with Crippen molar-refractivity contribution >= 4 is 39.2 Å². The number of benzene rings is 2. The van der Waals surface area contributed by atoms with Crippen LogP contribution in [-0.4, -0.2) is 61.4 Å². The van der Waals surface area contributed by atoms with Crippen LogP contribution in [0.5, 0.6) is 0 Å². The second-order valence-electron chi connectivity index (χ2n) is 8.28. The zero-order valence-electron chi connectivity index (χ0n) is 20.3. The average molecular weight is 514 g/mol. The summed E-state index contributed by atoms with van der Waals surface area (Å²) in [4.78, 5) is 23.2. The van der Waals surface area contributed by atoms with Gasteiger partial charge in [-0.25, -0.2) is 4.98 Å². The fourth-order valence-corrected chi connectivity index (χ4v) is 3.80. The Kier molecular flexibility index (Phi) is 9.74. The number of carbonyl (C=O) groups excluding carboxylic acids is 1. The van der Waals surface area contributed by atoms with E-state index in [4.69, 9.17) is 9.29 Å². The van der Waals surface area contributed by atoms with E-state index in [9.17, 15) is 13.2 Å². The van der Waals surface area contributed by atoms with E-state index in [1.54, 1.807) is 0 Å². The molecule has 1 amide bonds. The van der Waals surface area contributed by atoms with E-state index in [2.05, 4.69) is 20.6 Å². The number of ether oxygens (including phenoxy) is 1. The summed E-state index contributed by atoms with van der Waals surface area (Å²) in [6.07, 6.45) is 0.544. The lowest BCUT2D eigenvalue weighted by molar-refractivity contribution is -0.115. The Labute approximate surface area is 211 Å². The third-order valence-corrected chi connectivity index (χ3v) is 5.93. The summed E-state index contributed by atoms with van der Waals surface area (Å²) >= 11 is 0. The molecular weight excluding hydrogens is 482 g/mol. The fraction of sp³-hybridized carbons (Fsp3) is 0.320. The molecule has 0 aliphatic rings. The van der Waals surface area contributed by atoms with Crippen LogP contribution in [0.25, 0.3) is 0 Å². The molecule has 192 valence electrons. The smallest absolute Gasteiger partial charge is 0.264 e. The molecule has 0 saturated carbocycles. The number of aromatic nitrogens is 2. The van der Waals surface area contributed by atoms with Gasteiger partial charge in [0.2, 0.25) is 11.9 Å². The summed E-state index contributed by atoms with van der Waals surface area (Å²) in [7, 11) is -2.08. The van der Waals surface area contributed by atoms with E-state index in [1.807, 2.05) is 79.5 Å². The number of rotatable bonds is 13. The SMILES string of the molecule is Cc1cc(N(C)CCOCCCS(=O)(=O)O)nc(Nc2ccc(NC(=O)Cc3ccccc3)cc2)n1. The van der Waals surface area contributed by atoms with Crippen LogP contribution >= 0.6 is 0 Å². The molecule has 0 spiro atoms. The Morgan fingerprint density at radius 3 is 2.42 bits per heavy atom. The predicted octanol–water partition coefficient (Wildman–Crippen LogP) is 3.44. The van der Waals surface area contributed by atoms with Gasteiger partial charge in [-0.3, -0.25) is 9.35 Å². The summed E-state index contributed by atoms with van der Waals surface area (Å²) in [6, 6.07) is 18.7. The number of nitrogens with zero attached hydrogens (tertiary/aromatic N) is 3. The highest BCUT2D eigenvalue weighted by Gasteiger charge is 2.09. The van der Waals surface area contributed by atoms with Gasteiger partial charge in [-0.05, 0) is 43.2 Å². The highest BCUT2D eigenvalue weighted by molar-refractivity contribution is 7.85. The molecule has 11 heteroatoms. The summed E-state index contributed by atoms with van der Waals surface area (Å²) < 4.78 is 35.6. The van der Waals surface area contributed by atoms with E-state index in [0.717, 1.165) is 16.9 Å². The van der Waals surface area contributed by atoms with Gasteiger partial charge in [-0.15, -0.1) is 0 Å². The molecule has 1 heterocycles. The maximum absolute atomic E-state index is 12.3. The lowest BCUT2D eigenvalue weighted by atomic mass is 10.1. The summed E-state index contributed by atoms with van der Waals surface area (Å²) in [6.45, 7) is 3.04. The van der Waals surface area contributed by atoms with Gasteiger partial charge >= 0.3 is 0 Å². The minimum atomic E-state index is -3.96. The zero-order valence-corrected chi connectivity index (χ0v) is 21.2. The van der Waals surface area contributed by atoms with Gasteiger partial charge in [-0.2, -0.15) is 13.4 Å². The average Bonchev–Trinajstić information content (AvgIpc) is 2.82. The Bertz CT molecular complexity index is 1240. The molecular formula is C25H31N5O5S. The van der Waals surface area contributed by atoms with Crippen LogP contribution in [0.3, 0.4) is 0 Å². The Morgan fingerprint density at radius 2 is 1.72 bits per heavy atom. The molecule has 0 aliphatic heterocycles. The Hall–Kier alpha value is -3.54. The summed E-state index contributed by atoms with van der Waals surface area (Å²) in [5.74, 6) is 0.742. The maximum Gasteiger partial charge on any atom is 0.264 e. The van der Waals surface area contributed by atoms with Crippen molar-refractivity contribution < 1.29 is 22.5 Å². The first-order chi connectivity index (χ1) is 17.2. The monoisotopic (exact) mass is 513 g/mol. The van der Waals surface area contributed by atoms with Crippen molar-refractivity contribution in [1.29, 1.82) is 0 Å². The molecule has 3 aromatic rings. The second-order valence-corrected chi connectivity index (χ2v) is 9.85. The summed E-state index contributed by atoms with van der Waals surface area (Å²) in [5.41, 5.74) is 3.21. The van der Waals surface area contributed by atoms with Crippen molar-refractivity contribution in [2.24, 2.45) is 0 Å². The maximum atomic E-state index is 12.3. The van der Waals surface area contributed by atoms with Crippen LogP contribution < -0.4 is 15.5 Å². The molecule has 3 N–H and O–H groups in total. The first-order valence-corrected chi connectivity index (χ1v) is 13.1. The first-order valence-electron chi connectivity index (χ1n) is 11.5. The first kappa shape index (κ1) is 27.1. The van der Waals surface area contributed by atoms with E-state index in [0.29, 0.717) is 37.0 Å². The third kappa shape index (κ3) is 9.61. The number of amides is 1. The molecule has 0 fully saturated rings. The van der Waals surface area contributed by atoms with E-state index >= 15 is 0 Å². The van der Waals surface area contributed by atoms with E-state index in [-0.39, 0.29) is 24.7 Å². The van der Waals surface area contributed by atoms with Gasteiger partial charge in [0.25, 0.3) is 10.1 Å². The van der Waals surface area contributed by atoms with Crippen LogP contribution in [-0.2, 0) is 26.1 Å². The number of nitrogens with one attached hydrogen (secondary N) is 2. The highest BCUT2D eigenvalue weighted by atomic mass is 32.2. The van der Waals surface area contributed by atoms with E-state index < -0.39 is 10.1 Å². The lowest BCUT2D eigenvalue weighted by Crippen LogP contribution is -2.24. The van der Waals surface area contributed by atoms with Crippen molar-refractivity contribution in [2.45, 2.75) is 19.8 Å². The molecule has 36 heavy (non-hydrogen) atoms. The van der Waals surface area contributed by atoms with E-state index in [1.165, 1.54) is 0 Å². The van der Waals surface area contributed by atoms with Gasteiger partial charge in [0, 0.05) is 43.3 Å². The minimum Gasteiger partial charge on any atom is -0.380 e. The van der Waals surface area contributed by atoms with Crippen LogP contribution in [0.1, 0.15) is 17.7 Å². The van der Waals surface area contributed by atoms with Gasteiger partial charge < -0.3 is 20.3 Å². The van der Waals surface area contributed by atoms with Crippen molar-refractivity contribution in [2.75, 3.05) is 48.1 Å². The van der Waals surface area contributed by atoms with Crippen LogP contribution in [0.4, 0.5) is 23.1 Å². The summed E-state index contributed by atoms with van der Waals surface area (Å²) in [5, 5.41) is 6.08. The molecule has 10 nitrogen and oxygen atoms in total. The largest absolute Gasteiger partial charge is 0.380 e. The number of hydrogen-bond donors (Lipinski definition) is 3. The highest BCUT2D eigenvalue weighted by Crippen LogP contribution is 2.20. The van der Waals surface area contributed by atoms with Crippen molar-refractivity contribution in [1.82, 2.24) is 9.97 Å². The number of likely N-dealkylation sites (N-methyl/N-ethyl adjacent to an activating group) is 1. The molecule has 2 aromatic carbocycles. The molecule has 0 radical (unpaired) electrons. The van der Waals surface area contributed by atoms with Crippen LogP contribution in [0.2, 0.25) is 0 Å². The molecule has 0 bridgehead atoms.